The molecule has 5 heteroatoms. The van der Waals surface area contributed by atoms with Crippen LogP contribution in [0.15, 0.2) is 40.1 Å². The van der Waals surface area contributed by atoms with E-state index in [0.717, 1.165) is 26.7 Å². The van der Waals surface area contributed by atoms with E-state index in [9.17, 15) is 5.21 Å². The van der Waals surface area contributed by atoms with E-state index in [0.29, 0.717) is 11.5 Å². The quantitative estimate of drug-likeness (QED) is 0.405. The molecule has 0 atom stereocenters. The van der Waals surface area contributed by atoms with Gasteiger partial charge in [-0.2, -0.15) is 0 Å². The van der Waals surface area contributed by atoms with Crippen LogP contribution in [0, 0.1) is 32.9 Å². The Bertz CT molecular complexity index is 699. The van der Waals surface area contributed by atoms with Crippen molar-refractivity contribution >= 4 is 15.9 Å². The molecule has 23 heavy (non-hydrogen) atoms. The normalized spacial score (nSPS) is 11.6. The molecule has 0 unspecified atom stereocenters. The van der Waals surface area contributed by atoms with E-state index < -0.39 is 0 Å². The molecule has 0 heterocycles. The van der Waals surface area contributed by atoms with Gasteiger partial charge in [-0.15, -0.1) is 0 Å². The van der Waals surface area contributed by atoms with Crippen LogP contribution in [0.1, 0.15) is 33.4 Å². The molecular weight excluding hydrogens is 356 g/mol. The summed E-state index contributed by atoms with van der Waals surface area (Å²) in [5.41, 5.74) is 6.69. The van der Waals surface area contributed by atoms with Gasteiger partial charge in [-0.05, 0) is 55.5 Å². The van der Waals surface area contributed by atoms with Crippen molar-refractivity contribution < 1.29 is 9.70 Å². The smallest absolute Gasteiger partial charge is 0.209 e. The van der Waals surface area contributed by atoms with E-state index in [-0.39, 0.29) is 6.54 Å². The standard InChI is InChI=1S/C18H21BrN2O2/c1-12-14(3)18(19)15(4)13(2)17(12)11-23-20-21(22)10-16-8-6-5-7-9-16/h5-9H,10-11H2,1-4H3. The Balaban J connectivity index is 2.08. The lowest BCUT2D eigenvalue weighted by atomic mass is 9.95. The van der Waals surface area contributed by atoms with Crippen molar-refractivity contribution in [1.29, 1.82) is 0 Å². The van der Waals surface area contributed by atoms with Crippen LogP contribution in [0.25, 0.3) is 0 Å². The highest BCUT2D eigenvalue weighted by Crippen LogP contribution is 2.31. The largest absolute Gasteiger partial charge is 0.597 e. The first-order chi connectivity index (χ1) is 10.9. The van der Waals surface area contributed by atoms with Crippen LogP contribution in [0.2, 0.25) is 0 Å². The van der Waals surface area contributed by atoms with Crippen molar-refractivity contribution in [3.05, 3.63) is 73.4 Å². The van der Waals surface area contributed by atoms with Gasteiger partial charge in [0.05, 0.1) is 0 Å². The fraction of sp³-hybridized carbons (Fsp3) is 0.333. The highest BCUT2D eigenvalue weighted by Gasteiger charge is 2.13. The molecule has 0 N–H and O–H groups in total. The number of rotatable bonds is 5. The second kappa shape index (κ2) is 7.59. The topological polar surface area (TPSA) is 47.7 Å². The maximum absolute atomic E-state index is 11.8. The molecular formula is C18H21BrN2O2. The average Bonchev–Trinajstić information content (AvgIpc) is 2.55. The molecule has 0 aliphatic rings. The molecule has 0 bridgehead atoms. The first-order valence-corrected chi connectivity index (χ1v) is 8.27. The Labute approximate surface area is 145 Å². The third-order valence-corrected chi connectivity index (χ3v) is 5.40. The molecule has 0 amide bonds. The third-order valence-electron chi connectivity index (χ3n) is 4.21. The van der Waals surface area contributed by atoms with Crippen LogP contribution in [0.3, 0.4) is 0 Å². The highest BCUT2D eigenvalue weighted by atomic mass is 79.9. The van der Waals surface area contributed by atoms with E-state index in [4.69, 9.17) is 4.84 Å². The number of hydrogen-bond acceptors (Lipinski definition) is 3. The summed E-state index contributed by atoms with van der Waals surface area (Å²) < 4.78 is 1.13. The van der Waals surface area contributed by atoms with E-state index in [2.05, 4.69) is 48.9 Å². The zero-order valence-corrected chi connectivity index (χ0v) is 15.5. The molecule has 0 aromatic heterocycles. The molecule has 0 saturated heterocycles. The molecule has 0 saturated carbocycles. The Morgan fingerprint density at radius 1 is 1.00 bits per heavy atom. The van der Waals surface area contributed by atoms with Gasteiger partial charge in [0.25, 0.3) is 0 Å². The summed E-state index contributed by atoms with van der Waals surface area (Å²) in [5.74, 6) is 0. The number of benzene rings is 2. The Morgan fingerprint density at radius 2 is 1.57 bits per heavy atom. The molecule has 0 fully saturated rings. The minimum absolute atomic E-state index is 0.178. The van der Waals surface area contributed by atoms with Crippen LogP contribution in [-0.2, 0) is 18.0 Å². The summed E-state index contributed by atoms with van der Waals surface area (Å²) in [6.07, 6.45) is 0. The summed E-state index contributed by atoms with van der Waals surface area (Å²) in [7, 11) is 0. The number of halogens is 1. The van der Waals surface area contributed by atoms with Gasteiger partial charge >= 0.3 is 0 Å². The van der Waals surface area contributed by atoms with Gasteiger partial charge in [0.2, 0.25) is 11.8 Å². The zero-order chi connectivity index (χ0) is 17.0. The SMILES string of the molecule is Cc1c(C)c(CON=[N+]([O-])Cc2ccccc2)c(C)c(C)c1Br. The van der Waals surface area contributed by atoms with Gasteiger partial charge in [0.15, 0.2) is 0 Å². The van der Waals surface area contributed by atoms with Crippen molar-refractivity contribution in [2.75, 3.05) is 0 Å². The van der Waals surface area contributed by atoms with Crippen molar-refractivity contribution in [3.8, 4) is 0 Å². The third kappa shape index (κ3) is 4.10. The van der Waals surface area contributed by atoms with Gasteiger partial charge in [-0.1, -0.05) is 51.1 Å². The van der Waals surface area contributed by atoms with E-state index >= 15 is 0 Å². The summed E-state index contributed by atoms with van der Waals surface area (Å²) in [5, 5.41) is 15.4. The summed E-state index contributed by atoms with van der Waals surface area (Å²) in [6.45, 7) is 8.73. The maximum atomic E-state index is 11.8. The lowest BCUT2D eigenvalue weighted by Gasteiger charge is -2.16. The minimum atomic E-state index is 0.178. The highest BCUT2D eigenvalue weighted by molar-refractivity contribution is 9.10. The predicted octanol–water partition coefficient (Wildman–Crippen LogP) is 5.28. The molecule has 4 nitrogen and oxygen atoms in total. The maximum Gasteiger partial charge on any atom is 0.209 e. The molecule has 2 rings (SSSR count). The monoisotopic (exact) mass is 376 g/mol. The average molecular weight is 377 g/mol. The van der Waals surface area contributed by atoms with Crippen LogP contribution < -0.4 is 0 Å². The van der Waals surface area contributed by atoms with Crippen molar-refractivity contribution in [2.45, 2.75) is 40.8 Å². The van der Waals surface area contributed by atoms with Crippen LogP contribution in [0.5, 0.6) is 0 Å². The fourth-order valence-electron chi connectivity index (χ4n) is 2.49. The van der Waals surface area contributed by atoms with E-state index in [1.54, 1.807) is 0 Å². The fourth-order valence-corrected chi connectivity index (χ4v) is 3.08. The van der Waals surface area contributed by atoms with Crippen LogP contribution in [-0.4, -0.2) is 4.86 Å². The number of hydrogen-bond donors (Lipinski definition) is 0. The van der Waals surface area contributed by atoms with E-state index in [1.165, 1.54) is 11.1 Å². The minimum Gasteiger partial charge on any atom is -0.597 e. The molecule has 0 spiro atoms. The predicted molar refractivity (Wildman–Crippen MR) is 94.1 cm³/mol. The second-order valence-corrected chi connectivity index (χ2v) is 6.44. The summed E-state index contributed by atoms with van der Waals surface area (Å²) in [6, 6.07) is 9.47. The van der Waals surface area contributed by atoms with Gasteiger partial charge < -0.3 is 10.0 Å². The zero-order valence-electron chi connectivity index (χ0n) is 13.9. The first-order valence-electron chi connectivity index (χ1n) is 7.48. The van der Waals surface area contributed by atoms with Crippen LogP contribution >= 0.6 is 15.9 Å². The second-order valence-electron chi connectivity index (χ2n) is 5.64. The van der Waals surface area contributed by atoms with E-state index in [1.807, 2.05) is 30.3 Å². The molecule has 0 aliphatic heterocycles. The van der Waals surface area contributed by atoms with Gasteiger partial charge in [-0.25, -0.2) is 0 Å². The molecule has 0 radical (unpaired) electrons. The van der Waals surface area contributed by atoms with Crippen molar-refractivity contribution in [1.82, 2.24) is 0 Å². The van der Waals surface area contributed by atoms with Gasteiger partial charge in [-0.3, -0.25) is 0 Å². The number of hydroxylamine groups is 1. The molecule has 2 aromatic rings. The lowest BCUT2D eigenvalue weighted by molar-refractivity contribution is -0.574. The summed E-state index contributed by atoms with van der Waals surface area (Å²) in [4.78, 5) is 5.86. The Hall–Kier alpha value is -1.88. The Morgan fingerprint density at radius 3 is 2.13 bits per heavy atom. The molecule has 2 aromatic carbocycles. The van der Waals surface area contributed by atoms with Crippen molar-refractivity contribution in [2.24, 2.45) is 5.28 Å². The molecule has 122 valence electrons. The van der Waals surface area contributed by atoms with Crippen LogP contribution in [0.4, 0.5) is 0 Å². The van der Waals surface area contributed by atoms with Gasteiger partial charge in [0, 0.05) is 10.0 Å². The number of nitrogens with zero attached hydrogens (tertiary/aromatic N) is 2. The van der Waals surface area contributed by atoms with Gasteiger partial charge in [0.1, 0.15) is 6.61 Å². The Kier molecular flexibility index (Phi) is 5.77. The lowest BCUT2D eigenvalue weighted by Crippen LogP contribution is -2.05. The first kappa shape index (κ1) is 17.5. The molecule has 0 aliphatic carbocycles. The van der Waals surface area contributed by atoms with Crippen molar-refractivity contribution in [3.63, 3.8) is 0 Å². The summed E-state index contributed by atoms with van der Waals surface area (Å²) >= 11 is 3.62.